The van der Waals surface area contributed by atoms with E-state index in [1.54, 1.807) is 0 Å². The lowest BCUT2D eigenvalue weighted by atomic mass is 9.86. The molecule has 2 aromatic rings. The summed E-state index contributed by atoms with van der Waals surface area (Å²) in [5, 5.41) is 1.77. The van der Waals surface area contributed by atoms with Gasteiger partial charge in [-0.1, -0.05) is 37.6 Å². The van der Waals surface area contributed by atoms with Crippen LogP contribution in [0.5, 0.6) is 0 Å². The highest BCUT2D eigenvalue weighted by Gasteiger charge is 2.23. The maximum atomic E-state index is 6.18. The van der Waals surface area contributed by atoms with Gasteiger partial charge in [0.1, 0.15) is 0 Å². The summed E-state index contributed by atoms with van der Waals surface area (Å²) in [5.74, 6) is 0. The summed E-state index contributed by atoms with van der Waals surface area (Å²) in [4.78, 5) is 4.70. The summed E-state index contributed by atoms with van der Waals surface area (Å²) in [7, 11) is 0. The molecule has 0 aliphatic carbocycles. The minimum atomic E-state index is -0.128. The predicted octanol–water partition coefficient (Wildman–Crippen LogP) is 3.43. The van der Waals surface area contributed by atoms with Crippen molar-refractivity contribution in [2.75, 3.05) is 6.54 Å². The van der Waals surface area contributed by atoms with Crippen LogP contribution in [0.1, 0.15) is 25.1 Å². The van der Waals surface area contributed by atoms with Crippen molar-refractivity contribution in [1.29, 1.82) is 0 Å². The number of para-hydroxylation sites is 1. The topological polar surface area (TPSA) is 38.9 Å². The first-order valence-electron chi connectivity index (χ1n) is 5.72. The van der Waals surface area contributed by atoms with Gasteiger partial charge in [-0.05, 0) is 24.6 Å². The highest BCUT2D eigenvalue weighted by Crippen LogP contribution is 2.29. The van der Waals surface area contributed by atoms with Crippen LogP contribution in [0.3, 0.4) is 0 Å². The van der Waals surface area contributed by atoms with Crippen LogP contribution in [-0.4, -0.2) is 11.5 Å². The summed E-state index contributed by atoms with van der Waals surface area (Å²) < 4.78 is 0. The van der Waals surface area contributed by atoms with Gasteiger partial charge in [-0.15, -0.1) is 0 Å². The van der Waals surface area contributed by atoms with E-state index in [1.807, 2.05) is 18.2 Å². The lowest BCUT2D eigenvalue weighted by molar-refractivity contribution is 0.520. The predicted molar refractivity (Wildman–Crippen MR) is 73.6 cm³/mol. The second-order valence-electron chi connectivity index (χ2n) is 5.05. The molecule has 0 amide bonds. The number of nitrogens with zero attached hydrogens (tertiary/aromatic N) is 1. The molecule has 2 nitrogen and oxygen atoms in total. The summed E-state index contributed by atoms with van der Waals surface area (Å²) in [6, 6.07) is 7.96. The SMILES string of the molecule is Cc1cc2cccc(Cl)c2nc1C(C)(C)CN. The smallest absolute Gasteiger partial charge is 0.0891 e. The molecule has 3 heteroatoms. The Morgan fingerprint density at radius 2 is 2.06 bits per heavy atom. The molecule has 1 heterocycles. The van der Waals surface area contributed by atoms with Crippen LogP contribution in [0.2, 0.25) is 5.02 Å². The number of hydrogen-bond donors (Lipinski definition) is 1. The molecule has 0 aliphatic heterocycles. The van der Waals surface area contributed by atoms with Gasteiger partial charge in [0, 0.05) is 17.3 Å². The van der Waals surface area contributed by atoms with Crippen LogP contribution in [0.15, 0.2) is 24.3 Å². The summed E-state index contributed by atoms with van der Waals surface area (Å²) in [5.41, 5.74) is 8.74. The standard InChI is InChI=1S/C14H17ClN2/c1-9-7-10-5-4-6-11(15)12(10)17-13(9)14(2,3)8-16/h4-7H,8,16H2,1-3H3. The van der Waals surface area contributed by atoms with E-state index < -0.39 is 0 Å². The molecule has 90 valence electrons. The molecule has 0 bridgehead atoms. The van der Waals surface area contributed by atoms with E-state index in [1.165, 1.54) is 0 Å². The third kappa shape index (κ3) is 2.15. The second kappa shape index (κ2) is 4.28. The lowest BCUT2D eigenvalue weighted by Crippen LogP contribution is -2.30. The first-order valence-corrected chi connectivity index (χ1v) is 6.10. The average molecular weight is 249 g/mol. The maximum Gasteiger partial charge on any atom is 0.0891 e. The Morgan fingerprint density at radius 1 is 1.35 bits per heavy atom. The quantitative estimate of drug-likeness (QED) is 0.884. The molecular weight excluding hydrogens is 232 g/mol. The molecule has 0 aliphatic rings. The Bertz CT molecular complexity index is 561. The summed E-state index contributed by atoms with van der Waals surface area (Å²) >= 11 is 6.18. The van der Waals surface area contributed by atoms with Crippen molar-refractivity contribution in [1.82, 2.24) is 4.98 Å². The van der Waals surface area contributed by atoms with E-state index in [0.717, 1.165) is 22.2 Å². The van der Waals surface area contributed by atoms with E-state index >= 15 is 0 Å². The first kappa shape index (κ1) is 12.3. The van der Waals surface area contributed by atoms with Crippen molar-refractivity contribution in [3.63, 3.8) is 0 Å². The van der Waals surface area contributed by atoms with Crippen molar-refractivity contribution in [2.24, 2.45) is 5.73 Å². The van der Waals surface area contributed by atoms with Crippen molar-refractivity contribution in [3.05, 3.63) is 40.5 Å². The van der Waals surface area contributed by atoms with Crippen molar-refractivity contribution < 1.29 is 0 Å². The highest BCUT2D eigenvalue weighted by atomic mass is 35.5. The summed E-state index contributed by atoms with van der Waals surface area (Å²) in [6.07, 6.45) is 0. The minimum absolute atomic E-state index is 0.128. The number of rotatable bonds is 2. The van der Waals surface area contributed by atoms with Gasteiger partial charge in [-0.2, -0.15) is 0 Å². The van der Waals surface area contributed by atoms with E-state index in [2.05, 4.69) is 26.8 Å². The Labute approximate surface area is 107 Å². The normalized spacial score (nSPS) is 12.1. The molecule has 0 saturated carbocycles. The molecule has 0 spiro atoms. The van der Waals surface area contributed by atoms with E-state index in [0.29, 0.717) is 11.6 Å². The maximum absolute atomic E-state index is 6.18. The number of nitrogens with two attached hydrogens (primary N) is 1. The molecule has 17 heavy (non-hydrogen) atoms. The molecular formula is C14H17ClN2. The fraction of sp³-hybridized carbons (Fsp3) is 0.357. The Morgan fingerprint density at radius 3 is 2.71 bits per heavy atom. The van der Waals surface area contributed by atoms with Crippen LogP contribution < -0.4 is 5.73 Å². The van der Waals surface area contributed by atoms with Crippen LogP contribution in [-0.2, 0) is 5.41 Å². The fourth-order valence-corrected chi connectivity index (χ4v) is 2.27. The van der Waals surface area contributed by atoms with Gasteiger partial charge in [0.15, 0.2) is 0 Å². The van der Waals surface area contributed by atoms with Crippen LogP contribution in [0.4, 0.5) is 0 Å². The van der Waals surface area contributed by atoms with Crippen LogP contribution in [0.25, 0.3) is 10.9 Å². The van der Waals surface area contributed by atoms with Gasteiger partial charge in [0.25, 0.3) is 0 Å². The zero-order valence-electron chi connectivity index (χ0n) is 10.4. The molecule has 1 aromatic heterocycles. The monoisotopic (exact) mass is 248 g/mol. The molecule has 0 atom stereocenters. The van der Waals surface area contributed by atoms with Crippen molar-refractivity contribution >= 4 is 22.5 Å². The van der Waals surface area contributed by atoms with Crippen molar-refractivity contribution in [2.45, 2.75) is 26.2 Å². The van der Waals surface area contributed by atoms with E-state index in [4.69, 9.17) is 22.3 Å². The third-order valence-corrected chi connectivity index (χ3v) is 3.44. The van der Waals surface area contributed by atoms with E-state index in [9.17, 15) is 0 Å². The lowest BCUT2D eigenvalue weighted by Gasteiger charge is -2.24. The molecule has 0 radical (unpaired) electrons. The van der Waals surface area contributed by atoms with Gasteiger partial charge in [-0.25, -0.2) is 0 Å². The van der Waals surface area contributed by atoms with E-state index in [-0.39, 0.29) is 5.41 Å². The third-order valence-electron chi connectivity index (χ3n) is 3.14. The van der Waals surface area contributed by atoms with Crippen molar-refractivity contribution in [3.8, 4) is 0 Å². The molecule has 0 fully saturated rings. The fourth-order valence-electron chi connectivity index (χ4n) is 2.05. The number of fused-ring (bicyclic) bond motifs is 1. The summed E-state index contributed by atoms with van der Waals surface area (Å²) in [6.45, 7) is 6.84. The minimum Gasteiger partial charge on any atom is -0.330 e. The number of pyridine rings is 1. The Balaban J connectivity index is 2.74. The number of aryl methyl sites for hydroxylation is 1. The van der Waals surface area contributed by atoms with Gasteiger partial charge in [-0.3, -0.25) is 4.98 Å². The second-order valence-corrected chi connectivity index (χ2v) is 5.46. The largest absolute Gasteiger partial charge is 0.330 e. The van der Waals surface area contributed by atoms with Gasteiger partial charge in [0.05, 0.1) is 16.2 Å². The van der Waals surface area contributed by atoms with Crippen LogP contribution in [0, 0.1) is 6.92 Å². The molecule has 2 N–H and O–H groups in total. The zero-order valence-corrected chi connectivity index (χ0v) is 11.2. The molecule has 0 saturated heterocycles. The molecule has 2 rings (SSSR count). The average Bonchev–Trinajstić information content (AvgIpc) is 2.28. The Hall–Kier alpha value is -1.12. The first-order chi connectivity index (χ1) is 7.95. The Kier molecular flexibility index (Phi) is 3.11. The van der Waals surface area contributed by atoms with Gasteiger partial charge < -0.3 is 5.73 Å². The zero-order chi connectivity index (χ0) is 12.6. The number of aromatic nitrogens is 1. The van der Waals surface area contributed by atoms with Gasteiger partial charge >= 0.3 is 0 Å². The number of hydrogen-bond acceptors (Lipinski definition) is 2. The van der Waals surface area contributed by atoms with Gasteiger partial charge in [0.2, 0.25) is 0 Å². The number of halogens is 1. The molecule has 1 aromatic carbocycles. The highest BCUT2D eigenvalue weighted by molar-refractivity contribution is 6.35. The van der Waals surface area contributed by atoms with Crippen LogP contribution >= 0.6 is 11.6 Å². The molecule has 0 unspecified atom stereocenters. The number of benzene rings is 1.